The molecule has 1 N–H and O–H groups in total. The summed E-state index contributed by atoms with van der Waals surface area (Å²) >= 11 is 0. The number of aryl methyl sites for hydroxylation is 2. The highest BCUT2D eigenvalue weighted by molar-refractivity contribution is 7.85. The minimum Gasteiger partial charge on any atom is -0.445 e. The number of oxazole rings is 1. The van der Waals surface area contributed by atoms with Crippen molar-refractivity contribution >= 4 is 28.5 Å². The number of aromatic nitrogens is 3. The van der Waals surface area contributed by atoms with E-state index in [9.17, 15) is 9.00 Å². The molecule has 9 nitrogen and oxygen atoms in total. The SMILES string of the molecule is Cc1oc(C2CCN(c3nc4c(c(NCCCC(=O)N(C)C)n3)S(=O)CC4)CC2)nc1-c1ccccc1. The fourth-order valence-electron chi connectivity index (χ4n) is 4.90. The minimum atomic E-state index is -1.09. The van der Waals surface area contributed by atoms with Gasteiger partial charge in [-0.3, -0.25) is 9.00 Å². The van der Waals surface area contributed by atoms with Gasteiger partial charge in [0.15, 0.2) is 5.89 Å². The van der Waals surface area contributed by atoms with E-state index in [-0.39, 0.29) is 11.8 Å². The van der Waals surface area contributed by atoms with Crippen LogP contribution in [-0.2, 0) is 22.0 Å². The maximum absolute atomic E-state index is 12.6. The second-order valence-electron chi connectivity index (χ2n) is 9.85. The van der Waals surface area contributed by atoms with Crippen LogP contribution in [0, 0.1) is 6.92 Å². The Hall–Kier alpha value is -3.27. The van der Waals surface area contributed by atoms with Crippen LogP contribution in [0.2, 0.25) is 0 Å². The molecule has 1 aromatic carbocycles. The van der Waals surface area contributed by atoms with Crippen LogP contribution < -0.4 is 10.2 Å². The maximum atomic E-state index is 12.6. The number of hydrogen-bond acceptors (Lipinski definition) is 8. The van der Waals surface area contributed by atoms with E-state index >= 15 is 0 Å². The number of nitrogens with zero attached hydrogens (tertiary/aromatic N) is 5. The summed E-state index contributed by atoms with van der Waals surface area (Å²) in [4.78, 5) is 30.9. The number of benzene rings is 1. The summed E-state index contributed by atoms with van der Waals surface area (Å²) in [5.41, 5.74) is 2.85. The van der Waals surface area contributed by atoms with Gasteiger partial charge < -0.3 is 19.5 Å². The van der Waals surface area contributed by atoms with Gasteiger partial charge in [0, 0.05) is 63.8 Å². The number of rotatable bonds is 8. The smallest absolute Gasteiger partial charge is 0.227 e. The Labute approximate surface area is 220 Å². The Morgan fingerprint density at radius 2 is 1.92 bits per heavy atom. The van der Waals surface area contributed by atoms with Crippen molar-refractivity contribution in [2.24, 2.45) is 0 Å². The highest BCUT2D eigenvalue weighted by Gasteiger charge is 2.30. The highest BCUT2D eigenvalue weighted by atomic mass is 32.2. The van der Waals surface area contributed by atoms with Crippen LogP contribution in [0.5, 0.6) is 0 Å². The lowest BCUT2D eigenvalue weighted by Crippen LogP contribution is -2.34. The molecule has 3 aromatic rings. The zero-order chi connectivity index (χ0) is 25.9. The summed E-state index contributed by atoms with van der Waals surface area (Å²) in [5, 5.41) is 3.34. The predicted molar refractivity (Wildman–Crippen MR) is 144 cm³/mol. The fraction of sp³-hybridized carbons (Fsp3) is 0.481. The number of nitrogens with one attached hydrogen (secondary N) is 1. The summed E-state index contributed by atoms with van der Waals surface area (Å²) in [5.74, 6) is 3.90. The minimum absolute atomic E-state index is 0.0963. The molecule has 4 heterocycles. The van der Waals surface area contributed by atoms with Gasteiger partial charge in [0.25, 0.3) is 0 Å². The van der Waals surface area contributed by atoms with E-state index in [0.29, 0.717) is 43.3 Å². The van der Waals surface area contributed by atoms with Crippen LogP contribution in [-0.4, -0.2) is 69.5 Å². The lowest BCUT2D eigenvalue weighted by molar-refractivity contribution is -0.128. The van der Waals surface area contributed by atoms with Gasteiger partial charge in [-0.1, -0.05) is 30.3 Å². The van der Waals surface area contributed by atoms with Gasteiger partial charge in [0.05, 0.1) is 16.5 Å². The first kappa shape index (κ1) is 25.4. The van der Waals surface area contributed by atoms with Gasteiger partial charge in [0.2, 0.25) is 11.9 Å². The van der Waals surface area contributed by atoms with E-state index in [0.717, 1.165) is 59.4 Å². The van der Waals surface area contributed by atoms with Crippen molar-refractivity contribution in [3.05, 3.63) is 47.7 Å². The number of carbonyl (C=O) groups excluding carboxylic acids is 1. The topological polar surface area (TPSA) is 104 Å². The Bertz CT molecular complexity index is 1280. The molecule has 1 unspecified atom stereocenters. The molecule has 1 atom stereocenters. The largest absolute Gasteiger partial charge is 0.445 e. The number of anilines is 2. The first-order valence-corrected chi connectivity index (χ1v) is 14.2. The Morgan fingerprint density at radius 1 is 1.16 bits per heavy atom. The molecule has 1 amide bonds. The molecule has 0 bridgehead atoms. The van der Waals surface area contributed by atoms with Crippen molar-refractivity contribution in [2.45, 2.75) is 49.8 Å². The fourth-order valence-corrected chi connectivity index (χ4v) is 6.22. The van der Waals surface area contributed by atoms with Crippen molar-refractivity contribution < 1.29 is 13.4 Å². The summed E-state index contributed by atoms with van der Waals surface area (Å²) < 4.78 is 18.7. The van der Waals surface area contributed by atoms with Crippen molar-refractivity contribution in [1.82, 2.24) is 19.9 Å². The van der Waals surface area contributed by atoms with Gasteiger partial charge in [-0.25, -0.2) is 9.97 Å². The molecule has 196 valence electrons. The van der Waals surface area contributed by atoms with Crippen LogP contribution in [0.3, 0.4) is 0 Å². The van der Waals surface area contributed by atoms with Crippen molar-refractivity contribution in [3.8, 4) is 11.3 Å². The van der Waals surface area contributed by atoms with Crippen LogP contribution >= 0.6 is 0 Å². The summed E-state index contributed by atoms with van der Waals surface area (Å²) in [7, 11) is 2.43. The summed E-state index contributed by atoms with van der Waals surface area (Å²) in [6, 6.07) is 10.1. The molecule has 0 spiro atoms. The molecule has 10 heteroatoms. The van der Waals surface area contributed by atoms with Gasteiger partial charge in [0.1, 0.15) is 22.2 Å². The second-order valence-corrected chi connectivity index (χ2v) is 11.4. The molecule has 0 aliphatic carbocycles. The van der Waals surface area contributed by atoms with E-state index in [2.05, 4.69) is 22.3 Å². The van der Waals surface area contributed by atoms with E-state index in [1.807, 2.05) is 25.1 Å². The Balaban J connectivity index is 1.26. The molecule has 0 radical (unpaired) electrons. The van der Waals surface area contributed by atoms with Crippen LogP contribution in [0.25, 0.3) is 11.3 Å². The van der Waals surface area contributed by atoms with Crippen LogP contribution in [0.1, 0.15) is 48.9 Å². The molecule has 1 fully saturated rings. The summed E-state index contributed by atoms with van der Waals surface area (Å²) in [6.45, 7) is 4.16. The van der Waals surface area contributed by atoms with E-state index in [4.69, 9.17) is 19.4 Å². The molecule has 2 aromatic heterocycles. The van der Waals surface area contributed by atoms with Crippen molar-refractivity contribution in [2.75, 3.05) is 49.7 Å². The predicted octanol–water partition coefficient (Wildman–Crippen LogP) is 3.77. The summed E-state index contributed by atoms with van der Waals surface area (Å²) in [6.07, 6.45) is 3.64. The van der Waals surface area contributed by atoms with Gasteiger partial charge >= 0.3 is 0 Å². The standard InChI is InChI=1S/C27H34N6O3S/c1-18-23(19-8-5-4-6-9-19)30-26(36-18)20-11-15-33(16-12-20)27-29-21-13-17-37(35)24(21)25(31-27)28-14-7-10-22(34)32(2)3/h4-6,8-9,20H,7,10-17H2,1-3H3,(H,28,29,31). The third-order valence-electron chi connectivity index (χ3n) is 7.02. The molecular formula is C27H34N6O3S. The van der Waals surface area contributed by atoms with Crippen molar-refractivity contribution in [3.63, 3.8) is 0 Å². The third-order valence-corrected chi connectivity index (χ3v) is 8.48. The zero-order valence-electron chi connectivity index (χ0n) is 21.7. The molecule has 1 saturated heterocycles. The van der Waals surface area contributed by atoms with Crippen LogP contribution in [0.4, 0.5) is 11.8 Å². The van der Waals surface area contributed by atoms with Crippen LogP contribution in [0.15, 0.2) is 39.6 Å². The average Bonchev–Trinajstić information content (AvgIpc) is 3.49. The second kappa shape index (κ2) is 11.0. The van der Waals surface area contributed by atoms with Gasteiger partial charge in [-0.15, -0.1) is 0 Å². The third kappa shape index (κ3) is 5.53. The quantitative estimate of drug-likeness (QED) is 0.446. The first-order chi connectivity index (χ1) is 17.9. The lowest BCUT2D eigenvalue weighted by atomic mass is 9.97. The van der Waals surface area contributed by atoms with E-state index in [1.54, 1.807) is 19.0 Å². The maximum Gasteiger partial charge on any atom is 0.227 e. The number of hydrogen-bond donors (Lipinski definition) is 1. The highest BCUT2D eigenvalue weighted by Crippen LogP contribution is 2.35. The first-order valence-electron chi connectivity index (χ1n) is 12.9. The number of amides is 1. The molecule has 2 aliphatic rings. The monoisotopic (exact) mass is 522 g/mol. The molecule has 5 rings (SSSR count). The van der Waals surface area contributed by atoms with E-state index < -0.39 is 10.8 Å². The van der Waals surface area contributed by atoms with E-state index in [1.165, 1.54) is 0 Å². The molecule has 0 saturated carbocycles. The number of fused-ring (bicyclic) bond motifs is 1. The Kier molecular flexibility index (Phi) is 7.55. The average molecular weight is 523 g/mol. The lowest BCUT2D eigenvalue weighted by Gasteiger charge is -2.31. The van der Waals surface area contributed by atoms with Gasteiger partial charge in [-0.05, 0) is 26.2 Å². The molecular weight excluding hydrogens is 488 g/mol. The van der Waals surface area contributed by atoms with Gasteiger partial charge in [-0.2, -0.15) is 4.98 Å². The number of carbonyl (C=O) groups is 1. The molecule has 2 aliphatic heterocycles. The Morgan fingerprint density at radius 3 is 2.65 bits per heavy atom. The number of piperidine rings is 1. The van der Waals surface area contributed by atoms with Crippen molar-refractivity contribution in [1.29, 1.82) is 0 Å². The zero-order valence-corrected chi connectivity index (χ0v) is 22.5. The molecule has 37 heavy (non-hydrogen) atoms. The normalized spacial score (nSPS) is 17.6.